The van der Waals surface area contributed by atoms with E-state index in [1.54, 1.807) is 12.5 Å². The monoisotopic (exact) mass is 438 g/mol. The molecule has 2 aromatic carbocycles. The maximum Gasteiger partial charge on any atom is 0.142 e. The van der Waals surface area contributed by atoms with Crippen molar-refractivity contribution in [2.75, 3.05) is 5.32 Å². The van der Waals surface area contributed by atoms with Crippen LogP contribution >= 0.6 is 0 Å². The number of nitrogens with one attached hydrogen (secondary N) is 1. The van der Waals surface area contributed by atoms with Gasteiger partial charge in [-0.1, -0.05) is 18.2 Å². The predicted octanol–water partition coefficient (Wildman–Crippen LogP) is 6.88. The summed E-state index contributed by atoms with van der Waals surface area (Å²) in [6, 6.07) is 17.5. The second-order valence-electron chi connectivity index (χ2n) is 8.20. The number of fused-ring (bicyclic) bond motifs is 1. The van der Waals surface area contributed by atoms with Crippen molar-refractivity contribution in [3.05, 3.63) is 96.0 Å². The van der Waals surface area contributed by atoms with Crippen LogP contribution in [0.1, 0.15) is 29.9 Å². The van der Waals surface area contributed by atoms with Gasteiger partial charge in [-0.3, -0.25) is 4.98 Å². The lowest BCUT2D eigenvalue weighted by Crippen LogP contribution is -2.09. The van der Waals surface area contributed by atoms with Crippen LogP contribution in [0, 0.1) is 19.7 Å². The van der Waals surface area contributed by atoms with E-state index in [9.17, 15) is 4.39 Å². The molecule has 0 aliphatic carbocycles. The first kappa shape index (κ1) is 20.8. The highest BCUT2D eigenvalue weighted by Gasteiger charge is 2.12. The molecule has 5 nitrogen and oxygen atoms in total. The number of anilines is 1. The zero-order chi connectivity index (χ0) is 22.9. The SMILES string of the molecule is Cc1nc(N[C@@H](C)c2cccc(-c3cncc(F)c3)c2)cc(-c2ccc3occ(C)c3c2)n1. The summed E-state index contributed by atoms with van der Waals surface area (Å²) in [6.45, 7) is 5.99. The van der Waals surface area contributed by atoms with Crippen molar-refractivity contribution in [3.8, 4) is 22.4 Å². The second kappa shape index (κ2) is 8.47. The van der Waals surface area contributed by atoms with Crippen molar-refractivity contribution < 1.29 is 8.81 Å². The van der Waals surface area contributed by atoms with E-state index >= 15 is 0 Å². The molecule has 0 radical (unpaired) electrons. The molecule has 0 fully saturated rings. The zero-order valence-electron chi connectivity index (χ0n) is 18.6. The number of hydrogen-bond donors (Lipinski definition) is 1. The van der Waals surface area contributed by atoms with Crippen molar-refractivity contribution in [1.82, 2.24) is 15.0 Å². The Bertz CT molecular complexity index is 1460. The van der Waals surface area contributed by atoms with Crippen LogP contribution in [-0.4, -0.2) is 15.0 Å². The molecule has 3 heterocycles. The van der Waals surface area contributed by atoms with E-state index in [4.69, 9.17) is 4.42 Å². The van der Waals surface area contributed by atoms with E-state index in [2.05, 4.69) is 33.3 Å². The first-order valence-corrected chi connectivity index (χ1v) is 10.8. The lowest BCUT2D eigenvalue weighted by atomic mass is 10.0. The number of rotatable bonds is 5. The van der Waals surface area contributed by atoms with Gasteiger partial charge in [0.2, 0.25) is 0 Å². The van der Waals surface area contributed by atoms with E-state index < -0.39 is 0 Å². The Hall–Kier alpha value is -4.06. The largest absolute Gasteiger partial charge is 0.464 e. The fourth-order valence-corrected chi connectivity index (χ4v) is 3.97. The van der Waals surface area contributed by atoms with Crippen LogP contribution < -0.4 is 5.32 Å². The van der Waals surface area contributed by atoms with E-state index in [-0.39, 0.29) is 11.9 Å². The van der Waals surface area contributed by atoms with Crippen molar-refractivity contribution in [2.24, 2.45) is 0 Å². The van der Waals surface area contributed by atoms with Crippen LogP contribution in [0.25, 0.3) is 33.4 Å². The summed E-state index contributed by atoms with van der Waals surface area (Å²) in [4.78, 5) is 13.2. The van der Waals surface area contributed by atoms with E-state index in [0.29, 0.717) is 5.82 Å². The molecule has 0 bridgehead atoms. The topological polar surface area (TPSA) is 63.8 Å². The van der Waals surface area contributed by atoms with Crippen LogP contribution in [0.5, 0.6) is 0 Å². The summed E-state index contributed by atoms with van der Waals surface area (Å²) in [5, 5.41) is 4.56. The molecular formula is C27H23FN4O. The third-order valence-corrected chi connectivity index (χ3v) is 5.69. The summed E-state index contributed by atoms with van der Waals surface area (Å²) >= 11 is 0. The van der Waals surface area contributed by atoms with Crippen molar-refractivity contribution >= 4 is 16.8 Å². The molecule has 1 N–H and O–H groups in total. The predicted molar refractivity (Wildman–Crippen MR) is 128 cm³/mol. The first-order chi connectivity index (χ1) is 16.0. The van der Waals surface area contributed by atoms with Crippen molar-refractivity contribution in [2.45, 2.75) is 26.8 Å². The molecule has 0 aliphatic heterocycles. The number of pyridine rings is 1. The van der Waals surface area contributed by atoms with Gasteiger partial charge in [0, 0.05) is 34.8 Å². The fraction of sp³-hybridized carbons (Fsp3) is 0.148. The van der Waals surface area contributed by atoms with Crippen molar-refractivity contribution in [3.63, 3.8) is 0 Å². The Morgan fingerprint density at radius 2 is 1.79 bits per heavy atom. The minimum Gasteiger partial charge on any atom is -0.464 e. The van der Waals surface area contributed by atoms with Gasteiger partial charge in [0.05, 0.1) is 18.2 Å². The standard InChI is InChI=1S/C27H23FN4O/c1-16-15-33-26-8-7-21(11-24(16)26)25-12-27(32-18(3)31-25)30-17(2)19-5-4-6-20(9-19)22-10-23(28)14-29-13-22/h4-15,17H,1-3H3,(H,30,31,32)/t17-/m0/s1. The maximum absolute atomic E-state index is 13.6. The maximum atomic E-state index is 13.6. The molecule has 0 unspecified atom stereocenters. The minimum absolute atomic E-state index is 0.0211. The molecule has 0 saturated heterocycles. The van der Waals surface area contributed by atoms with E-state index in [0.717, 1.165) is 50.3 Å². The number of furan rings is 1. The normalized spacial score (nSPS) is 12.1. The smallest absolute Gasteiger partial charge is 0.142 e. The summed E-state index contributed by atoms with van der Waals surface area (Å²) < 4.78 is 19.2. The van der Waals surface area contributed by atoms with E-state index in [1.165, 1.54) is 12.3 Å². The average Bonchev–Trinajstić information content (AvgIpc) is 3.19. The Morgan fingerprint density at radius 1 is 0.909 bits per heavy atom. The third kappa shape index (κ3) is 4.32. The number of halogens is 1. The molecule has 0 saturated carbocycles. The molecule has 5 rings (SSSR count). The quantitative estimate of drug-likeness (QED) is 0.324. The Labute approximate surface area is 191 Å². The molecule has 6 heteroatoms. The molecule has 164 valence electrons. The van der Waals surface area contributed by atoms with Gasteiger partial charge in [-0.2, -0.15) is 0 Å². The molecule has 3 aromatic heterocycles. The summed E-state index contributed by atoms with van der Waals surface area (Å²) in [5.74, 6) is 1.08. The summed E-state index contributed by atoms with van der Waals surface area (Å²) in [7, 11) is 0. The molecule has 5 aromatic rings. The minimum atomic E-state index is -0.350. The third-order valence-electron chi connectivity index (χ3n) is 5.69. The van der Waals surface area contributed by atoms with Gasteiger partial charge in [0.25, 0.3) is 0 Å². The average molecular weight is 439 g/mol. The molecule has 0 spiro atoms. The van der Waals surface area contributed by atoms with E-state index in [1.807, 2.05) is 56.3 Å². The lowest BCUT2D eigenvalue weighted by molar-refractivity contribution is 0.613. The van der Waals surface area contributed by atoms with Gasteiger partial charge in [-0.25, -0.2) is 14.4 Å². The highest BCUT2D eigenvalue weighted by atomic mass is 19.1. The Kier molecular flexibility index (Phi) is 5.34. The number of aryl methyl sites for hydroxylation is 2. The van der Waals surface area contributed by atoms with Crippen molar-refractivity contribution in [1.29, 1.82) is 0 Å². The van der Waals surface area contributed by atoms with Gasteiger partial charge in [0.15, 0.2) is 0 Å². The highest BCUT2D eigenvalue weighted by Crippen LogP contribution is 2.29. The van der Waals surface area contributed by atoms with Crippen LogP contribution in [0.2, 0.25) is 0 Å². The first-order valence-electron chi connectivity index (χ1n) is 10.8. The Balaban J connectivity index is 1.43. The summed E-state index contributed by atoms with van der Waals surface area (Å²) in [5.41, 5.74) is 6.53. The molecule has 33 heavy (non-hydrogen) atoms. The number of hydrogen-bond acceptors (Lipinski definition) is 5. The van der Waals surface area contributed by atoms with Crippen LogP contribution in [0.4, 0.5) is 10.2 Å². The summed E-state index contributed by atoms with van der Waals surface area (Å²) in [6.07, 6.45) is 4.64. The number of aromatic nitrogens is 3. The second-order valence-corrected chi connectivity index (χ2v) is 8.20. The van der Waals surface area contributed by atoms with Crippen LogP contribution in [0.15, 0.2) is 77.7 Å². The lowest BCUT2D eigenvalue weighted by Gasteiger charge is -2.17. The van der Waals surface area contributed by atoms with Gasteiger partial charge < -0.3 is 9.73 Å². The van der Waals surface area contributed by atoms with Gasteiger partial charge in [-0.15, -0.1) is 0 Å². The van der Waals surface area contributed by atoms with Gasteiger partial charge in [-0.05, 0) is 67.8 Å². The molecular weight excluding hydrogens is 415 g/mol. The van der Waals surface area contributed by atoms with Gasteiger partial charge >= 0.3 is 0 Å². The molecule has 1 atom stereocenters. The van der Waals surface area contributed by atoms with Crippen LogP contribution in [0.3, 0.4) is 0 Å². The molecule has 0 aliphatic rings. The molecule has 0 amide bonds. The number of benzene rings is 2. The fourth-order valence-electron chi connectivity index (χ4n) is 3.97. The van der Waals surface area contributed by atoms with Crippen LogP contribution in [-0.2, 0) is 0 Å². The van der Waals surface area contributed by atoms with Gasteiger partial charge in [0.1, 0.15) is 23.0 Å². The zero-order valence-corrected chi connectivity index (χ0v) is 18.6. The highest BCUT2D eigenvalue weighted by molar-refractivity contribution is 5.85. The Morgan fingerprint density at radius 3 is 2.64 bits per heavy atom. The number of nitrogens with zero attached hydrogens (tertiary/aromatic N) is 3.